The molecule has 1 spiro atoms. The number of hydrogen-bond acceptors (Lipinski definition) is 4. The zero-order valence-corrected chi connectivity index (χ0v) is 14.1. The van der Waals surface area contributed by atoms with Crippen LogP contribution in [0.1, 0.15) is 30.6 Å². The number of ether oxygens (including phenoxy) is 2. The highest BCUT2D eigenvalue weighted by molar-refractivity contribution is 7.10. The number of nitrogens with one attached hydrogen (secondary N) is 1. The van der Waals surface area contributed by atoms with E-state index in [9.17, 15) is 0 Å². The first-order valence-electron chi connectivity index (χ1n) is 8.48. The van der Waals surface area contributed by atoms with Crippen molar-refractivity contribution in [2.24, 2.45) is 0 Å². The van der Waals surface area contributed by atoms with Crippen LogP contribution >= 0.6 is 11.3 Å². The van der Waals surface area contributed by atoms with E-state index in [0.717, 1.165) is 32.5 Å². The van der Waals surface area contributed by atoms with Crippen molar-refractivity contribution < 1.29 is 9.47 Å². The van der Waals surface area contributed by atoms with E-state index in [1.165, 1.54) is 28.8 Å². The number of benzene rings is 1. The fourth-order valence-electron chi connectivity index (χ4n) is 3.50. The number of rotatable bonds is 5. The van der Waals surface area contributed by atoms with Crippen LogP contribution in [0.3, 0.4) is 0 Å². The van der Waals surface area contributed by atoms with Gasteiger partial charge in [0.25, 0.3) is 0 Å². The largest absolute Gasteiger partial charge is 0.347 e. The van der Waals surface area contributed by atoms with Crippen molar-refractivity contribution in [2.45, 2.75) is 44.1 Å². The summed E-state index contributed by atoms with van der Waals surface area (Å²) in [6.07, 6.45) is 4.79. The normalized spacial score (nSPS) is 22.9. The second kappa shape index (κ2) is 6.73. The Morgan fingerprint density at radius 3 is 2.78 bits per heavy atom. The van der Waals surface area contributed by atoms with Gasteiger partial charge < -0.3 is 14.8 Å². The van der Waals surface area contributed by atoms with Gasteiger partial charge in [-0.2, -0.15) is 0 Å². The van der Waals surface area contributed by atoms with Crippen LogP contribution in [0.2, 0.25) is 0 Å². The fourth-order valence-corrected chi connectivity index (χ4v) is 4.37. The van der Waals surface area contributed by atoms with Gasteiger partial charge in [0.1, 0.15) is 0 Å². The molecule has 1 atom stereocenters. The predicted molar refractivity (Wildman–Crippen MR) is 93.5 cm³/mol. The Hall–Kier alpha value is -1.20. The molecule has 0 amide bonds. The average Bonchev–Trinajstić information content (AvgIpc) is 3.32. The summed E-state index contributed by atoms with van der Waals surface area (Å²) in [6, 6.07) is 12.8. The third kappa shape index (κ3) is 3.50. The molecule has 1 aromatic carbocycles. The molecule has 3 nitrogen and oxygen atoms in total. The summed E-state index contributed by atoms with van der Waals surface area (Å²) in [5, 5.41) is 5.75. The Kier molecular flexibility index (Phi) is 4.49. The Balaban J connectivity index is 1.27. The highest BCUT2D eigenvalue weighted by Gasteiger charge is 2.43. The van der Waals surface area contributed by atoms with Crippen LogP contribution in [-0.2, 0) is 16.0 Å². The smallest absolute Gasteiger partial charge is 0.168 e. The van der Waals surface area contributed by atoms with Gasteiger partial charge in [-0.05, 0) is 35.4 Å². The Morgan fingerprint density at radius 1 is 1.13 bits per heavy atom. The predicted octanol–water partition coefficient (Wildman–Crippen LogP) is 4.19. The van der Waals surface area contributed by atoms with Crippen molar-refractivity contribution in [3.8, 4) is 11.1 Å². The highest BCUT2D eigenvalue weighted by atomic mass is 32.1. The molecule has 1 saturated heterocycles. The molecule has 2 aromatic rings. The molecular weight excluding hydrogens is 306 g/mol. The first-order chi connectivity index (χ1) is 11.3. The number of hydrogen-bond donors (Lipinski definition) is 1. The maximum atomic E-state index is 6.14. The van der Waals surface area contributed by atoms with Gasteiger partial charge in [-0.25, -0.2) is 0 Å². The van der Waals surface area contributed by atoms with Gasteiger partial charge >= 0.3 is 0 Å². The van der Waals surface area contributed by atoms with Crippen LogP contribution in [0.25, 0.3) is 11.1 Å². The van der Waals surface area contributed by atoms with Crippen LogP contribution in [0.4, 0.5) is 0 Å². The Bertz CT molecular complexity index is 634. The quantitative estimate of drug-likeness (QED) is 0.892. The van der Waals surface area contributed by atoms with E-state index in [1.54, 1.807) is 0 Å². The van der Waals surface area contributed by atoms with Gasteiger partial charge in [0.2, 0.25) is 0 Å². The van der Waals surface area contributed by atoms with Crippen molar-refractivity contribution in [1.82, 2.24) is 5.32 Å². The molecule has 23 heavy (non-hydrogen) atoms. The highest BCUT2D eigenvalue weighted by Crippen LogP contribution is 2.39. The molecule has 122 valence electrons. The fraction of sp³-hybridized carbons (Fsp3) is 0.474. The maximum absolute atomic E-state index is 6.14. The third-order valence-electron chi connectivity index (χ3n) is 4.71. The van der Waals surface area contributed by atoms with Gasteiger partial charge in [0.15, 0.2) is 5.79 Å². The zero-order valence-electron chi connectivity index (χ0n) is 13.3. The van der Waals surface area contributed by atoms with Crippen LogP contribution in [-0.4, -0.2) is 25.0 Å². The van der Waals surface area contributed by atoms with Gasteiger partial charge in [-0.3, -0.25) is 0 Å². The van der Waals surface area contributed by atoms with Gasteiger partial charge in [-0.1, -0.05) is 30.3 Å². The SMILES string of the molecule is c1ccc(-c2csc(CNCC3COC4(CCCC4)O3)c2)cc1. The lowest BCUT2D eigenvalue weighted by Gasteiger charge is -2.21. The molecule has 2 fully saturated rings. The molecule has 0 radical (unpaired) electrons. The molecule has 4 heteroatoms. The van der Waals surface area contributed by atoms with E-state index < -0.39 is 0 Å². The summed E-state index contributed by atoms with van der Waals surface area (Å²) in [6.45, 7) is 2.48. The summed E-state index contributed by atoms with van der Waals surface area (Å²) in [5.74, 6) is -0.240. The standard InChI is InChI=1S/C19H23NO2S/c1-2-6-15(7-3-1)16-10-18(23-14-16)12-20-11-17-13-21-19(22-17)8-4-5-9-19/h1-3,6-7,10,14,17,20H,4-5,8-9,11-13H2. The van der Waals surface area contributed by atoms with Gasteiger partial charge in [-0.15, -0.1) is 11.3 Å². The summed E-state index contributed by atoms with van der Waals surface area (Å²) in [7, 11) is 0. The van der Waals surface area contributed by atoms with Gasteiger partial charge in [0.05, 0.1) is 12.7 Å². The van der Waals surface area contributed by atoms with Crippen LogP contribution < -0.4 is 5.32 Å². The minimum absolute atomic E-state index is 0.196. The van der Waals surface area contributed by atoms with Crippen molar-refractivity contribution in [1.29, 1.82) is 0 Å². The first-order valence-corrected chi connectivity index (χ1v) is 9.36. The first kappa shape index (κ1) is 15.3. The lowest BCUT2D eigenvalue weighted by molar-refractivity contribution is -0.161. The second-order valence-corrected chi connectivity index (χ2v) is 7.46. The molecule has 2 aliphatic rings. The summed E-state index contributed by atoms with van der Waals surface area (Å²) in [5.41, 5.74) is 2.59. The number of thiophene rings is 1. The molecular formula is C19H23NO2S. The van der Waals surface area contributed by atoms with E-state index in [2.05, 4.69) is 47.1 Å². The van der Waals surface area contributed by atoms with Crippen molar-refractivity contribution in [3.05, 3.63) is 46.7 Å². The van der Waals surface area contributed by atoms with E-state index in [1.807, 2.05) is 11.3 Å². The monoisotopic (exact) mass is 329 g/mol. The van der Waals surface area contributed by atoms with Crippen molar-refractivity contribution >= 4 is 11.3 Å². The molecule has 1 unspecified atom stereocenters. The Morgan fingerprint density at radius 2 is 1.96 bits per heavy atom. The lowest BCUT2D eigenvalue weighted by Crippen LogP contribution is -2.31. The summed E-state index contributed by atoms with van der Waals surface area (Å²) >= 11 is 1.81. The van der Waals surface area contributed by atoms with Gasteiger partial charge in [0, 0.05) is 30.8 Å². The molecule has 4 rings (SSSR count). The van der Waals surface area contributed by atoms with Crippen LogP contribution in [0.5, 0.6) is 0 Å². The van der Waals surface area contributed by atoms with Crippen LogP contribution in [0, 0.1) is 0 Å². The third-order valence-corrected chi connectivity index (χ3v) is 5.65. The molecule has 1 saturated carbocycles. The molecule has 1 aliphatic heterocycles. The second-order valence-electron chi connectivity index (χ2n) is 6.47. The minimum Gasteiger partial charge on any atom is -0.347 e. The van der Waals surface area contributed by atoms with E-state index in [0.29, 0.717) is 0 Å². The molecule has 1 aliphatic carbocycles. The van der Waals surface area contributed by atoms with Crippen molar-refractivity contribution in [2.75, 3.05) is 13.2 Å². The summed E-state index contributed by atoms with van der Waals surface area (Å²) < 4.78 is 12.1. The minimum atomic E-state index is -0.240. The van der Waals surface area contributed by atoms with Crippen molar-refractivity contribution in [3.63, 3.8) is 0 Å². The van der Waals surface area contributed by atoms with E-state index in [-0.39, 0.29) is 11.9 Å². The molecule has 1 aromatic heterocycles. The maximum Gasteiger partial charge on any atom is 0.168 e. The zero-order chi connectivity index (χ0) is 15.5. The molecule has 2 heterocycles. The average molecular weight is 329 g/mol. The van der Waals surface area contributed by atoms with Crippen LogP contribution in [0.15, 0.2) is 41.8 Å². The summed E-state index contributed by atoms with van der Waals surface area (Å²) in [4.78, 5) is 1.36. The van der Waals surface area contributed by atoms with E-state index in [4.69, 9.17) is 9.47 Å². The topological polar surface area (TPSA) is 30.5 Å². The molecule has 1 N–H and O–H groups in total. The van der Waals surface area contributed by atoms with E-state index >= 15 is 0 Å². The molecule has 0 bridgehead atoms. The Labute approximate surface area is 141 Å². The lowest BCUT2D eigenvalue weighted by atomic mass is 10.1.